The Morgan fingerprint density at radius 2 is 0.408 bits per heavy atom. The van der Waals surface area contributed by atoms with Gasteiger partial charge < -0.3 is 18.2 Å². The SMILES string of the molecule is O=S(=O)([O-])CCCCCCCP(CCCCCCCS(=O)(=O)[O-])CCCP(CCCCCCCS(=O)(=O)[O-])CCCCCCCS(=O)(=O)[O-]. The standard InChI is InChI=1S/C31H66O12P2S4/c32-46(33,34)28-17-9-1-5-13-22-44(23-14-6-2-10-18-29-47(35,36)37)26-21-27-45(24-15-7-3-11-19-30-48(38,39)40)25-16-8-4-12-20-31-49(41,42)43/h1-31H2,(H,32,33,34)(H,35,36,37)(H,38,39,40)(H,41,42,43)/p-4. The van der Waals surface area contributed by atoms with E-state index in [-0.39, 0.29) is 38.9 Å². The second-order valence-corrected chi connectivity index (χ2v) is 24.6. The van der Waals surface area contributed by atoms with Crippen molar-refractivity contribution < 1.29 is 51.9 Å². The van der Waals surface area contributed by atoms with Crippen LogP contribution >= 0.6 is 15.8 Å². The van der Waals surface area contributed by atoms with Gasteiger partial charge in [0.25, 0.3) is 0 Å². The van der Waals surface area contributed by atoms with Crippen molar-refractivity contribution in [3.8, 4) is 0 Å². The van der Waals surface area contributed by atoms with Gasteiger partial charge >= 0.3 is 0 Å². The van der Waals surface area contributed by atoms with Gasteiger partial charge in [-0.05, 0) is 94.8 Å². The minimum Gasteiger partial charge on any atom is -0.748 e. The second kappa shape index (κ2) is 28.9. The van der Waals surface area contributed by atoms with E-state index in [4.69, 9.17) is 0 Å². The highest BCUT2D eigenvalue weighted by atomic mass is 32.2. The Hall–Kier alpha value is 0.500. The van der Waals surface area contributed by atoms with Gasteiger partial charge in [0.05, 0.1) is 40.5 Å². The third kappa shape index (κ3) is 41.1. The van der Waals surface area contributed by atoms with Crippen LogP contribution < -0.4 is 0 Å². The first-order valence-electron chi connectivity index (χ1n) is 18.1. The predicted octanol–water partition coefficient (Wildman–Crippen LogP) is 6.32. The molecule has 0 atom stereocenters. The molecule has 0 saturated carbocycles. The van der Waals surface area contributed by atoms with E-state index < -0.39 is 40.5 Å². The molecule has 0 saturated heterocycles. The summed E-state index contributed by atoms with van der Waals surface area (Å²) in [6, 6.07) is 0. The molecule has 0 aromatic heterocycles. The first-order chi connectivity index (χ1) is 22.9. The smallest absolute Gasteiger partial charge is 0.0945 e. The molecular formula is C31H62O12P2S4-4. The van der Waals surface area contributed by atoms with Gasteiger partial charge in [0.1, 0.15) is 0 Å². The van der Waals surface area contributed by atoms with Crippen LogP contribution in [0.3, 0.4) is 0 Å². The maximum atomic E-state index is 10.8. The molecule has 12 nitrogen and oxygen atoms in total. The Bertz CT molecular complexity index is 1060. The topological polar surface area (TPSA) is 229 Å². The van der Waals surface area contributed by atoms with Crippen LogP contribution in [0.2, 0.25) is 0 Å². The molecule has 0 spiro atoms. The zero-order valence-electron chi connectivity index (χ0n) is 29.3. The largest absolute Gasteiger partial charge is 0.748 e. The van der Waals surface area contributed by atoms with Gasteiger partial charge in [-0.25, -0.2) is 33.7 Å². The van der Waals surface area contributed by atoms with Gasteiger partial charge in [0.15, 0.2) is 0 Å². The van der Waals surface area contributed by atoms with Gasteiger partial charge in [-0.2, -0.15) is 0 Å². The minimum atomic E-state index is -4.16. The molecule has 0 heterocycles. The van der Waals surface area contributed by atoms with E-state index >= 15 is 0 Å². The molecule has 0 rings (SSSR count). The van der Waals surface area contributed by atoms with Crippen molar-refractivity contribution in [2.75, 3.05) is 60.0 Å². The van der Waals surface area contributed by atoms with E-state index in [1.165, 1.54) is 12.3 Å². The summed E-state index contributed by atoms with van der Waals surface area (Å²) in [4.78, 5) is 0. The molecule has 0 unspecified atom stereocenters. The molecule has 296 valence electrons. The molecule has 0 amide bonds. The second-order valence-electron chi connectivity index (χ2n) is 13.2. The molecule has 0 aromatic rings. The fourth-order valence-electron chi connectivity index (χ4n) is 5.77. The van der Waals surface area contributed by atoms with Crippen LogP contribution in [0.25, 0.3) is 0 Å². The fourth-order valence-corrected chi connectivity index (χ4v) is 13.5. The van der Waals surface area contributed by atoms with E-state index in [9.17, 15) is 51.9 Å². The van der Waals surface area contributed by atoms with Crippen molar-refractivity contribution in [2.45, 2.75) is 135 Å². The van der Waals surface area contributed by atoms with E-state index in [1.54, 1.807) is 0 Å². The Kier molecular flexibility index (Phi) is 29.2. The quantitative estimate of drug-likeness (QED) is 0.0384. The van der Waals surface area contributed by atoms with Gasteiger partial charge in [0.2, 0.25) is 0 Å². The molecule has 18 heteroatoms. The number of hydrogen-bond donors (Lipinski definition) is 0. The summed E-state index contributed by atoms with van der Waals surface area (Å²) in [5, 5.41) is 0. The Morgan fingerprint density at radius 3 is 0.612 bits per heavy atom. The van der Waals surface area contributed by atoms with Crippen LogP contribution in [0, 0.1) is 0 Å². The van der Waals surface area contributed by atoms with Crippen LogP contribution in [0.5, 0.6) is 0 Å². The van der Waals surface area contributed by atoms with E-state index in [1.807, 2.05) is 0 Å². The van der Waals surface area contributed by atoms with E-state index in [0.29, 0.717) is 25.7 Å². The average Bonchev–Trinajstić information content (AvgIpc) is 2.96. The van der Waals surface area contributed by atoms with Crippen LogP contribution in [0.1, 0.15) is 135 Å². The molecule has 0 radical (unpaired) electrons. The first-order valence-corrected chi connectivity index (χ1v) is 28.2. The average molecular weight is 817 g/mol. The number of hydrogen-bond acceptors (Lipinski definition) is 12. The highest BCUT2D eigenvalue weighted by Gasteiger charge is 2.12. The van der Waals surface area contributed by atoms with E-state index in [2.05, 4.69) is 0 Å². The molecule has 0 aliphatic carbocycles. The van der Waals surface area contributed by atoms with Crippen LogP contribution in [-0.4, -0.2) is 112 Å². The first kappa shape index (κ1) is 49.5. The molecular weight excluding hydrogens is 755 g/mol. The molecule has 0 fully saturated rings. The molecule has 0 aliphatic rings. The lowest BCUT2D eigenvalue weighted by Crippen LogP contribution is -2.04. The summed E-state index contributed by atoms with van der Waals surface area (Å²) < 4.78 is 130. The third-order valence-corrected chi connectivity index (χ3v) is 17.3. The van der Waals surface area contributed by atoms with Crippen molar-refractivity contribution >= 4 is 56.3 Å². The monoisotopic (exact) mass is 816 g/mol. The Labute approximate surface area is 301 Å². The van der Waals surface area contributed by atoms with Gasteiger partial charge in [-0.1, -0.05) is 77.0 Å². The van der Waals surface area contributed by atoms with E-state index in [0.717, 1.165) is 134 Å². The lowest BCUT2D eigenvalue weighted by Gasteiger charge is -2.22. The maximum Gasteiger partial charge on any atom is 0.0945 e. The Balaban J connectivity index is 4.82. The third-order valence-electron chi connectivity index (χ3n) is 8.42. The summed E-state index contributed by atoms with van der Waals surface area (Å²) >= 11 is 0. The van der Waals surface area contributed by atoms with Gasteiger partial charge in [0, 0.05) is 23.0 Å². The highest BCUT2D eigenvalue weighted by molar-refractivity contribution is 7.86. The summed E-state index contributed by atoms with van der Waals surface area (Å²) in [6.45, 7) is 0. The number of rotatable bonds is 36. The Morgan fingerprint density at radius 1 is 0.245 bits per heavy atom. The zero-order chi connectivity index (χ0) is 37.1. The predicted molar refractivity (Wildman–Crippen MR) is 198 cm³/mol. The maximum absolute atomic E-state index is 10.8. The molecule has 49 heavy (non-hydrogen) atoms. The molecule has 0 aromatic carbocycles. The summed E-state index contributed by atoms with van der Waals surface area (Å²) in [5.74, 6) is -1.22. The number of unbranched alkanes of at least 4 members (excludes halogenated alkanes) is 16. The van der Waals surface area contributed by atoms with Crippen LogP contribution in [0.15, 0.2) is 0 Å². The van der Waals surface area contributed by atoms with Crippen molar-refractivity contribution in [3.63, 3.8) is 0 Å². The minimum absolute atomic E-state index is 0.173. The van der Waals surface area contributed by atoms with Crippen molar-refractivity contribution in [1.82, 2.24) is 0 Å². The highest BCUT2D eigenvalue weighted by Crippen LogP contribution is 2.43. The van der Waals surface area contributed by atoms with Crippen molar-refractivity contribution in [2.24, 2.45) is 0 Å². The van der Waals surface area contributed by atoms with Crippen molar-refractivity contribution in [3.05, 3.63) is 0 Å². The molecule has 0 aliphatic heterocycles. The summed E-state index contributed by atoms with van der Waals surface area (Å²) in [5.41, 5.74) is 0. The lowest BCUT2D eigenvalue weighted by molar-refractivity contribution is 0.457. The molecule has 0 N–H and O–H groups in total. The summed E-state index contributed by atoms with van der Waals surface area (Å²) in [6.07, 6.45) is 24.7. The molecule has 0 bridgehead atoms. The normalized spacial score (nSPS) is 13.2. The lowest BCUT2D eigenvalue weighted by atomic mass is 10.2. The fraction of sp³-hybridized carbons (Fsp3) is 1.00. The zero-order valence-corrected chi connectivity index (χ0v) is 34.4. The summed E-state index contributed by atoms with van der Waals surface area (Å²) in [7, 11) is -17.0. The van der Waals surface area contributed by atoms with Gasteiger partial charge in [-0.3, -0.25) is 0 Å². The van der Waals surface area contributed by atoms with Gasteiger partial charge in [-0.15, -0.1) is 15.8 Å². The van der Waals surface area contributed by atoms with Crippen LogP contribution in [-0.2, 0) is 40.5 Å². The van der Waals surface area contributed by atoms with Crippen molar-refractivity contribution in [1.29, 1.82) is 0 Å². The van der Waals surface area contributed by atoms with Crippen LogP contribution in [0.4, 0.5) is 0 Å².